The lowest BCUT2D eigenvalue weighted by Gasteiger charge is -2.03. The van der Waals surface area contributed by atoms with E-state index in [1.54, 1.807) is 36.8 Å². The van der Waals surface area contributed by atoms with E-state index in [-0.39, 0.29) is 5.69 Å². The van der Waals surface area contributed by atoms with Crippen LogP contribution in [0.15, 0.2) is 76.0 Å². The summed E-state index contributed by atoms with van der Waals surface area (Å²) in [6, 6.07) is 14.4. The Morgan fingerprint density at radius 2 is 1.84 bits per heavy atom. The van der Waals surface area contributed by atoms with Crippen LogP contribution in [0.25, 0.3) is 0 Å². The molecule has 0 spiro atoms. The van der Waals surface area contributed by atoms with E-state index in [1.165, 1.54) is 6.07 Å². The highest BCUT2D eigenvalue weighted by Gasteiger charge is 2.16. The fraction of sp³-hybridized carbons (Fsp3) is 0.0556. The normalized spacial score (nSPS) is 10.9. The fourth-order valence-corrected chi connectivity index (χ4v) is 2.86. The van der Waals surface area contributed by atoms with Crippen molar-refractivity contribution in [3.05, 3.63) is 82.2 Å². The standard InChI is InChI=1S/C18H14N4O2S/c1-13-3-6-15(7-4-13)21-12-14-5-8-17(16(11-14)22(23)24)25-18-19-9-2-10-20-18/h2-12H,1H3. The van der Waals surface area contributed by atoms with Gasteiger partial charge in [-0.1, -0.05) is 23.8 Å². The second-order valence-corrected chi connectivity index (χ2v) is 6.22. The monoisotopic (exact) mass is 350 g/mol. The molecule has 0 bridgehead atoms. The SMILES string of the molecule is Cc1ccc(N=Cc2ccc(Sc3ncccn3)c([N+](=O)[O-])c2)cc1. The number of aliphatic imine (C=N–C) groups is 1. The summed E-state index contributed by atoms with van der Waals surface area (Å²) in [6.07, 6.45) is 4.82. The van der Waals surface area contributed by atoms with E-state index in [4.69, 9.17) is 0 Å². The summed E-state index contributed by atoms with van der Waals surface area (Å²) in [4.78, 5) is 24.0. The maximum Gasteiger partial charge on any atom is 0.283 e. The molecule has 0 amide bonds. The molecule has 25 heavy (non-hydrogen) atoms. The van der Waals surface area contributed by atoms with E-state index in [0.29, 0.717) is 15.6 Å². The molecule has 0 saturated heterocycles. The average molecular weight is 350 g/mol. The highest BCUT2D eigenvalue weighted by Crippen LogP contribution is 2.33. The van der Waals surface area contributed by atoms with E-state index < -0.39 is 4.92 Å². The molecule has 0 aliphatic heterocycles. The van der Waals surface area contributed by atoms with Crippen LogP contribution < -0.4 is 0 Å². The summed E-state index contributed by atoms with van der Waals surface area (Å²) in [5, 5.41) is 11.8. The summed E-state index contributed by atoms with van der Waals surface area (Å²) in [6.45, 7) is 2.00. The molecule has 0 aliphatic rings. The number of hydrogen-bond donors (Lipinski definition) is 0. The molecule has 0 fully saturated rings. The van der Waals surface area contributed by atoms with E-state index in [1.807, 2.05) is 31.2 Å². The zero-order chi connectivity index (χ0) is 17.6. The van der Waals surface area contributed by atoms with E-state index in [9.17, 15) is 10.1 Å². The zero-order valence-corrected chi connectivity index (χ0v) is 14.2. The van der Waals surface area contributed by atoms with Gasteiger partial charge in [-0.05, 0) is 48.5 Å². The minimum Gasteiger partial charge on any atom is -0.258 e. The maximum atomic E-state index is 11.4. The Morgan fingerprint density at radius 3 is 2.52 bits per heavy atom. The maximum absolute atomic E-state index is 11.4. The van der Waals surface area contributed by atoms with Gasteiger partial charge in [0.05, 0.1) is 15.5 Å². The lowest BCUT2D eigenvalue weighted by molar-refractivity contribution is -0.387. The molecule has 3 aromatic rings. The first-order valence-electron chi connectivity index (χ1n) is 7.46. The third-order valence-corrected chi connectivity index (χ3v) is 4.28. The van der Waals surface area contributed by atoms with Gasteiger partial charge >= 0.3 is 0 Å². The number of nitrogens with zero attached hydrogens (tertiary/aromatic N) is 4. The molecule has 6 nitrogen and oxygen atoms in total. The van der Waals surface area contributed by atoms with Gasteiger partial charge in [0.2, 0.25) is 0 Å². The summed E-state index contributed by atoms with van der Waals surface area (Å²) in [7, 11) is 0. The minimum absolute atomic E-state index is 0.00492. The number of nitro groups is 1. The lowest BCUT2D eigenvalue weighted by atomic mass is 10.2. The molecule has 3 rings (SSSR count). The van der Waals surface area contributed by atoms with Crippen molar-refractivity contribution in [3.8, 4) is 0 Å². The predicted octanol–water partition coefficient (Wildman–Crippen LogP) is 4.60. The van der Waals surface area contributed by atoms with Crippen molar-refractivity contribution in [2.45, 2.75) is 17.0 Å². The van der Waals surface area contributed by atoms with Crippen LogP contribution in [-0.2, 0) is 0 Å². The van der Waals surface area contributed by atoms with Crippen molar-refractivity contribution in [1.82, 2.24) is 9.97 Å². The van der Waals surface area contributed by atoms with E-state index in [2.05, 4.69) is 15.0 Å². The highest BCUT2D eigenvalue weighted by atomic mass is 32.2. The molecule has 124 valence electrons. The molecular formula is C18H14N4O2S. The average Bonchev–Trinajstić information content (AvgIpc) is 2.63. The van der Waals surface area contributed by atoms with Crippen LogP contribution in [0.4, 0.5) is 11.4 Å². The Balaban J connectivity index is 1.86. The molecule has 0 atom stereocenters. The van der Waals surface area contributed by atoms with Gasteiger partial charge in [0.1, 0.15) is 0 Å². The quantitative estimate of drug-likeness (QED) is 0.291. The van der Waals surface area contributed by atoms with E-state index in [0.717, 1.165) is 23.0 Å². The summed E-state index contributed by atoms with van der Waals surface area (Å²) in [5.41, 5.74) is 2.61. The van der Waals surface area contributed by atoms with Gasteiger partial charge in [-0.15, -0.1) is 0 Å². The second kappa shape index (κ2) is 7.67. The van der Waals surface area contributed by atoms with Crippen molar-refractivity contribution < 1.29 is 4.92 Å². The van der Waals surface area contributed by atoms with Gasteiger partial charge < -0.3 is 0 Å². The van der Waals surface area contributed by atoms with Crippen LogP contribution in [0.1, 0.15) is 11.1 Å². The van der Waals surface area contributed by atoms with Crippen LogP contribution >= 0.6 is 11.8 Å². The Hall–Kier alpha value is -3.06. The number of aryl methyl sites for hydroxylation is 1. The Bertz CT molecular complexity index is 912. The van der Waals surface area contributed by atoms with Crippen molar-refractivity contribution in [2.24, 2.45) is 4.99 Å². The Labute approximate surface area is 148 Å². The molecule has 0 aliphatic carbocycles. The van der Waals surface area contributed by atoms with Crippen molar-refractivity contribution in [2.75, 3.05) is 0 Å². The van der Waals surface area contributed by atoms with E-state index >= 15 is 0 Å². The molecule has 0 saturated carbocycles. The molecular weight excluding hydrogens is 336 g/mol. The first-order chi connectivity index (χ1) is 12.1. The number of aromatic nitrogens is 2. The molecule has 1 heterocycles. The van der Waals surface area contributed by atoms with Crippen LogP contribution in [-0.4, -0.2) is 21.1 Å². The number of benzene rings is 2. The van der Waals surface area contributed by atoms with Crippen molar-refractivity contribution in [1.29, 1.82) is 0 Å². The Morgan fingerprint density at radius 1 is 1.12 bits per heavy atom. The molecule has 7 heteroatoms. The van der Waals surface area contributed by atoms with Gasteiger partial charge in [-0.25, -0.2) is 9.97 Å². The van der Waals surface area contributed by atoms with Crippen molar-refractivity contribution in [3.63, 3.8) is 0 Å². The van der Waals surface area contributed by atoms with Crippen LogP contribution in [0.3, 0.4) is 0 Å². The topological polar surface area (TPSA) is 81.3 Å². The predicted molar refractivity (Wildman–Crippen MR) is 97.7 cm³/mol. The third-order valence-electron chi connectivity index (χ3n) is 3.32. The summed E-state index contributed by atoms with van der Waals surface area (Å²) in [5.74, 6) is 0. The highest BCUT2D eigenvalue weighted by molar-refractivity contribution is 7.99. The molecule has 0 unspecified atom stereocenters. The van der Waals surface area contributed by atoms with Crippen molar-refractivity contribution >= 4 is 29.4 Å². The smallest absolute Gasteiger partial charge is 0.258 e. The van der Waals surface area contributed by atoms with Crippen LogP contribution in [0.5, 0.6) is 0 Å². The van der Waals surface area contributed by atoms with Gasteiger partial charge in [0.25, 0.3) is 5.69 Å². The summed E-state index contributed by atoms with van der Waals surface area (Å²) >= 11 is 1.16. The summed E-state index contributed by atoms with van der Waals surface area (Å²) < 4.78 is 0. The van der Waals surface area contributed by atoms with Gasteiger partial charge in [-0.3, -0.25) is 15.1 Å². The third kappa shape index (κ3) is 4.48. The molecule has 1 aromatic heterocycles. The molecule has 2 aromatic carbocycles. The first kappa shape index (κ1) is 16.8. The minimum atomic E-state index is -0.408. The van der Waals surface area contributed by atoms with Crippen LogP contribution in [0.2, 0.25) is 0 Å². The van der Waals surface area contributed by atoms with Crippen LogP contribution in [0, 0.1) is 17.0 Å². The van der Waals surface area contributed by atoms with Gasteiger partial charge in [0.15, 0.2) is 5.16 Å². The molecule has 0 N–H and O–H groups in total. The lowest BCUT2D eigenvalue weighted by Crippen LogP contribution is -1.94. The fourth-order valence-electron chi connectivity index (χ4n) is 2.06. The largest absolute Gasteiger partial charge is 0.283 e. The zero-order valence-electron chi connectivity index (χ0n) is 13.4. The number of hydrogen-bond acceptors (Lipinski definition) is 6. The number of nitro benzene ring substituents is 1. The second-order valence-electron chi connectivity index (χ2n) is 5.21. The first-order valence-corrected chi connectivity index (χ1v) is 8.27. The van der Waals surface area contributed by atoms with Gasteiger partial charge in [0, 0.05) is 24.7 Å². The molecule has 0 radical (unpaired) electrons. The number of rotatable bonds is 5. The Kier molecular flexibility index (Phi) is 5.15. The van der Waals surface area contributed by atoms with Gasteiger partial charge in [-0.2, -0.15) is 0 Å².